The minimum atomic E-state index is -0.187. The molecule has 0 aliphatic rings. The first-order chi connectivity index (χ1) is 5.75. The fraction of sp³-hybridized carbons (Fsp3) is 0.200. The van der Waals surface area contributed by atoms with Gasteiger partial charge in [-0.1, -0.05) is 6.08 Å². The van der Waals surface area contributed by atoms with Crippen molar-refractivity contribution in [2.45, 2.75) is 12.8 Å². The number of pyridine rings is 1. The van der Waals surface area contributed by atoms with Crippen LogP contribution in [0.3, 0.4) is 0 Å². The molecule has 0 fully saturated rings. The number of aromatic nitrogens is 1. The maximum absolute atomic E-state index is 11.1. The van der Waals surface area contributed by atoms with Crippen LogP contribution in [0, 0.1) is 0 Å². The molecule has 0 spiro atoms. The Balaban J connectivity index is 2.95. The average Bonchev–Trinajstić information content (AvgIpc) is 2.07. The highest BCUT2D eigenvalue weighted by molar-refractivity contribution is 5.85. The van der Waals surface area contributed by atoms with Crippen LogP contribution in [0.25, 0.3) is 0 Å². The predicted molar refractivity (Wildman–Crippen MR) is 47.9 cm³/mol. The van der Waals surface area contributed by atoms with Crippen LogP contribution in [0.5, 0.6) is 0 Å². The first-order valence-electron chi connectivity index (χ1n) is 3.78. The molecule has 0 saturated heterocycles. The summed E-state index contributed by atoms with van der Waals surface area (Å²) in [5.41, 5.74) is 0.951. The van der Waals surface area contributed by atoms with E-state index in [4.69, 9.17) is 0 Å². The van der Waals surface area contributed by atoms with Gasteiger partial charge in [0.25, 0.3) is 0 Å². The third-order valence-corrected chi connectivity index (χ3v) is 1.74. The fourth-order valence-electron chi connectivity index (χ4n) is 1.11. The van der Waals surface area contributed by atoms with Crippen LogP contribution in [0.15, 0.2) is 37.2 Å². The van der Waals surface area contributed by atoms with E-state index in [0.717, 1.165) is 5.56 Å². The molecule has 0 aliphatic carbocycles. The summed E-state index contributed by atoms with van der Waals surface area (Å²) in [6.45, 7) is 5.18. The van der Waals surface area contributed by atoms with Crippen LogP contribution in [0.4, 0.5) is 0 Å². The van der Waals surface area contributed by atoms with Crippen LogP contribution >= 0.6 is 0 Å². The van der Waals surface area contributed by atoms with Gasteiger partial charge < -0.3 is 0 Å². The third-order valence-electron chi connectivity index (χ3n) is 1.74. The Bertz CT molecular complexity index is 279. The van der Waals surface area contributed by atoms with Gasteiger partial charge in [-0.05, 0) is 24.6 Å². The lowest BCUT2D eigenvalue weighted by Gasteiger charge is -2.07. The molecule has 0 aliphatic heterocycles. The van der Waals surface area contributed by atoms with Crippen molar-refractivity contribution >= 4 is 5.78 Å². The van der Waals surface area contributed by atoms with E-state index < -0.39 is 0 Å². The van der Waals surface area contributed by atoms with Gasteiger partial charge in [-0.25, -0.2) is 0 Å². The maximum Gasteiger partial charge on any atom is 0.141 e. The predicted octanol–water partition coefficient (Wildman–Crippen LogP) is 1.94. The second kappa shape index (κ2) is 3.81. The highest BCUT2D eigenvalue weighted by Gasteiger charge is 2.11. The van der Waals surface area contributed by atoms with Gasteiger partial charge in [-0.3, -0.25) is 9.78 Å². The van der Waals surface area contributed by atoms with Crippen molar-refractivity contribution in [1.82, 2.24) is 4.98 Å². The van der Waals surface area contributed by atoms with Crippen molar-refractivity contribution in [2.75, 3.05) is 0 Å². The summed E-state index contributed by atoms with van der Waals surface area (Å²) in [5, 5.41) is 0. The van der Waals surface area contributed by atoms with E-state index in [1.54, 1.807) is 25.4 Å². The molecule has 0 aromatic carbocycles. The summed E-state index contributed by atoms with van der Waals surface area (Å²) in [6.07, 6.45) is 5.00. The first-order valence-corrected chi connectivity index (χ1v) is 3.78. The van der Waals surface area contributed by atoms with Gasteiger partial charge in [0, 0.05) is 12.4 Å². The number of allylic oxidation sites excluding steroid dienone is 1. The van der Waals surface area contributed by atoms with E-state index in [1.165, 1.54) is 0 Å². The van der Waals surface area contributed by atoms with Gasteiger partial charge in [0.05, 0.1) is 5.92 Å². The maximum atomic E-state index is 11.1. The lowest BCUT2D eigenvalue weighted by atomic mass is 9.97. The van der Waals surface area contributed by atoms with Crippen LogP contribution in [-0.2, 0) is 4.79 Å². The summed E-state index contributed by atoms with van der Waals surface area (Å²) in [5.74, 6) is -0.0794. The van der Waals surface area contributed by atoms with Crippen molar-refractivity contribution < 1.29 is 4.79 Å². The highest BCUT2D eigenvalue weighted by Crippen LogP contribution is 2.16. The zero-order chi connectivity index (χ0) is 8.97. The van der Waals surface area contributed by atoms with E-state index in [2.05, 4.69) is 11.6 Å². The van der Waals surface area contributed by atoms with Crippen molar-refractivity contribution in [3.8, 4) is 0 Å². The van der Waals surface area contributed by atoms with Gasteiger partial charge >= 0.3 is 0 Å². The minimum absolute atomic E-state index is 0.108. The van der Waals surface area contributed by atoms with E-state index in [-0.39, 0.29) is 11.7 Å². The Labute approximate surface area is 71.9 Å². The topological polar surface area (TPSA) is 30.0 Å². The summed E-state index contributed by atoms with van der Waals surface area (Å²) in [6, 6.07) is 3.65. The molecule has 62 valence electrons. The minimum Gasteiger partial charge on any atom is -0.299 e. The Morgan fingerprint density at radius 1 is 1.58 bits per heavy atom. The molecular formula is C10H11NO. The van der Waals surface area contributed by atoms with Crippen LogP contribution in [0.1, 0.15) is 18.4 Å². The summed E-state index contributed by atoms with van der Waals surface area (Å²) < 4.78 is 0. The van der Waals surface area contributed by atoms with Gasteiger partial charge in [0.15, 0.2) is 0 Å². The zero-order valence-corrected chi connectivity index (χ0v) is 7.03. The number of hydrogen-bond donors (Lipinski definition) is 0. The van der Waals surface area contributed by atoms with E-state index in [0.29, 0.717) is 0 Å². The van der Waals surface area contributed by atoms with Crippen LogP contribution in [0.2, 0.25) is 0 Å². The SMILES string of the molecule is C=CC(C(C)=O)c1ccncc1. The first kappa shape index (κ1) is 8.65. The summed E-state index contributed by atoms with van der Waals surface area (Å²) in [7, 11) is 0. The number of ketones is 1. The van der Waals surface area contributed by atoms with Crippen molar-refractivity contribution in [2.24, 2.45) is 0 Å². The Morgan fingerprint density at radius 3 is 2.58 bits per heavy atom. The van der Waals surface area contributed by atoms with Crippen molar-refractivity contribution in [3.63, 3.8) is 0 Å². The average molecular weight is 161 g/mol. The Hall–Kier alpha value is -1.44. The summed E-state index contributed by atoms with van der Waals surface area (Å²) in [4.78, 5) is 15.0. The number of Topliss-reactive ketones (excluding diaryl/α,β-unsaturated/α-hetero) is 1. The zero-order valence-electron chi connectivity index (χ0n) is 7.03. The smallest absolute Gasteiger partial charge is 0.141 e. The molecule has 0 bridgehead atoms. The molecule has 1 aromatic heterocycles. The molecule has 1 aromatic rings. The van der Waals surface area contributed by atoms with E-state index in [9.17, 15) is 4.79 Å². The molecule has 1 rings (SSSR count). The Morgan fingerprint density at radius 2 is 2.17 bits per heavy atom. The largest absolute Gasteiger partial charge is 0.299 e. The molecule has 0 N–H and O–H groups in total. The van der Waals surface area contributed by atoms with E-state index >= 15 is 0 Å². The van der Waals surface area contributed by atoms with Crippen molar-refractivity contribution in [1.29, 1.82) is 0 Å². The van der Waals surface area contributed by atoms with Crippen LogP contribution < -0.4 is 0 Å². The molecule has 0 saturated carbocycles. The van der Waals surface area contributed by atoms with Gasteiger partial charge in [0.1, 0.15) is 5.78 Å². The molecule has 0 amide bonds. The normalized spacial score (nSPS) is 12.1. The third kappa shape index (κ3) is 1.78. The quantitative estimate of drug-likeness (QED) is 0.634. The molecule has 1 heterocycles. The molecule has 0 radical (unpaired) electrons. The lowest BCUT2D eigenvalue weighted by molar-refractivity contribution is -0.117. The van der Waals surface area contributed by atoms with Gasteiger partial charge in [-0.15, -0.1) is 6.58 Å². The second-order valence-electron chi connectivity index (χ2n) is 2.60. The Kier molecular flexibility index (Phi) is 2.75. The lowest BCUT2D eigenvalue weighted by Crippen LogP contribution is -2.05. The van der Waals surface area contributed by atoms with Gasteiger partial charge in [0.2, 0.25) is 0 Å². The van der Waals surface area contributed by atoms with E-state index in [1.807, 2.05) is 12.1 Å². The number of nitrogens with zero attached hydrogens (tertiary/aromatic N) is 1. The van der Waals surface area contributed by atoms with Gasteiger partial charge in [-0.2, -0.15) is 0 Å². The molecular weight excluding hydrogens is 150 g/mol. The number of carbonyl (C=O) groups is 1. The number of hydrogen-bond acceptors (Lipinski definition) is 2. The highest BCUT2D eigenvalue weighted by atomic mass is 16.1. The second-order valence-corrected chi connectivity index (χ2v) is 2.60. The van der Waals surface area contributed by atoms with Crippen LogP contribution in [-0.4, -0.2) is 10.8 Å². The number of rotatable bonds is 3. The molecule has 1 atom stereocenters. The number of carbonyl (C=O) groups excluding carboxylic acids is 1. The molecule has 12 heavy (non-hydrogen) atoms. The summed E-state index contributed by atoms with van der Waals surface area (Å²) >= 11 is 0. The molecule has 1 unspecified atom stereocenters. The van der Waals surface area contributed by atoms with Crippen molar-refractivity contribution in [3.05, 3.63) is 42.7 Å². The monoisotopic (exact) mass is 161 g/mol. The standard InChI is InChI=1S/C10H11NO/c1-3-10(8(2)12)9-4-6-11-7-5-9/h3-7,10H,1H2,2H3. The molecule has 2 nitrogen and oxygen atoms in total. The fourth-order valence-corrected chi connectivity index (χ4v) is 1.11. The molecule has 2 heteroatoms.